The Balaban J connectivity index is 2.74. The fraction of sp³-hybridized carbons (Fsp3) is 0.308. The zero-order valence-corrected chi connectivity index (χ0v) is 9.63. The maximum atomic E-state index is 12.9. The molecule has 17 heavy (non-hydrogen) atoms. The third kappa shape index (κ3) is 4.25. The molecule has 0 radical (unpaired) electrons. The van der Waals surface area contributed by atoms with E-state index in [1.807, 2.05) is 0 Å². The normalized spacial score (nSPS) is 9.35. The summed E-state index contributed by atoms with van der Waals surface area (Å²) in [5.41, 5.74) is 6.74. The second kappa shape index (κ2) is 6.66. The van der Waals surface area contributed by atoms with Gasteiger partial charge in [-0.3, -0.25) is 4.79 Å². The molecule has 1 rings (SSSR count). The van der Waals surface area contributed by atoms with Gasteiger partial charge in [-0.05, 0) is 30.7 Å². The van der Waals surface area contributed by atoms with E-state index in [1.54, 1.807) is 13.0 Å². The predicted octanol–water partition coefficient (Wildman–Crippen LogP) is 1.59. The highest BCUT2D eigenvalue weighted by molar-refractivity contribution is 5.72. The molecule has 0 amide bonds. The molecule has 0 unspecified atom stereocenters. The summed E-state index contributed by atoms with van der Waals surface area (Å²) in [6.07, 6.45) is 0.0230. The first-order valence-electron chi connectivity index (χ1n) is 5.30. The van der Waals surface area contributed by atoms with Crippen molar-refractivity contribution in [3.05, 3.63) is 35.1 Å². The molecule has 0 aliphatic rings. The fourth-order valence-electron chi connectivity index (χ4n) is 1.28. The van der Waals surface area contributed by atoms with Gasteiger partial charge in [-0.1, -0.05) is 11.8 Å². The second-order valence-electron chi connectivity index (χ2n) is 3.29. The molecule has 0 aliphatic heterocycles. The van der Waals surface area contributed by atoms with Crippen LogP contribution in [0.5, 0.6) is 0 Å². The quantitative estimate of drug-likeness (QED) is 0.639. The summed E-state index contributed by atoms with van der Waals surface area (Å²) in [6.45, 7) is 2.28. The summed E-state index contributed by atoms with van der Waals surface area (Å²) in [5, 5.41) is 0. The topological polar surface area (TPSA) is 52.3 Å². The van der Waals surface area contributed by atoms with Gasteiger partial charge in [0.15, 0.2) is 0 Å². The van der Waals surface area contributed by atoms with Crippen molar-refractivity contribution >= 4 is 5.97 Å². The van der Waals surface area contributed by atoms with Crippen LogP contribution in [0.2, 0.25) is 0 Å². The zero-order chi connectivity index (χ0) is 12.7. The Morgan fingerprint density at radius 2 is 2.29 bits per heavy atom. The summed E-state index contributed by atoms with van der Waals surface area (Å²) in [4.78, 5) is 11.0. The summed E-state index contributed by atoms with van der Waals surface area (Å²) in [6, 6.07) is 4.21. The summed E-state index contributed by atoms with van der Waals surface area (Å²) in [5.74, 6) is 4.75. The lowest BCUT2D eigenvalue weighted by Crippen LogP contribution is -2.02. The van der Waals surface area contributed by atoms with E-state index in [2.05, 4.69) is 11.8 Å². The molecule has 0 saturated heterocycles. The van der Waals surface area contributed by atoms with E-state index < -0.39 is 0 Å². The second-order valence-corrected chi connectivity index (χ2v) is 3.29. The smallest absolute Gasteiger partial charge is 0.317 e. The third-order valence-corrected chi connectivity index (χ3v) is 2.05. The molecule has 2 N–H and O–H groups in total. The average molecular weight is 235 g/mol. The van der Waals surface area contributed by atoms with Crippen LogP contribution in [0.3, 0.4) is 0 Å². The van der Waals surface area contributed by atoms with Crippen LogP contribution in [0, 0.1) is 17.7 Å². The molecule has 0 aliphatic carbocycles. The highest BCUT2D eigenvalue weighted by atomic mass is 19.1. The van der Waals surface area contributed by atoms with Crippen LogP contribution in [0.4, 0.5) is 4.39 Å². The maximum Gasteiger partial charge on any atom is 0.317 e. The molecule has 0 atom stereocenters. The Hall–Kier alpha value is -1.86. The van der Waals surface area contributed by atoms with Gasteiger partial charge in [0.2, 0.25) is 0 Å². The molecule has 0 fully saturated rings. The van der Waals surface area contributed by atoms with Crippen LogP contribution >= 0.6 is 0 Å². The number of nitrogens with two attached hydrogens (primary N) is 1. The van der Waals surface area contributed by atoms with Gasteiger partial charge < -0.3 is 10.5 Å². The van der Waals surface area contributed by atoms with E-state index >= 15 is 0 Å². The van der Waals surface area contributed by atoms with E-state index in [-0.39, 0.29) is 24.8 Å². The van der Waals surface area contributed by atoms with Crippen molar-refractivity contribution in [1.82, 2.24) is 0 Å². The molecule has 0 spiro atoms. The molecular weight excluding hydrogens is 221 g/mol. The van der Waals surface area contributed by atoms with E-state index in [9.17, 15) is 9.18 Å². The lowest BCUT2D eigenvalue weighted by molar-refractivity contribution is -0.141. The van der Waals surface area contributed by atoms with Gasteiger partial charge in [-0.15, -0.1) is 0 Å². The van der Waals surface area contributed by atoms with Crippen molar-refractivity contribution < 1.29 is 13.9 Å². The van der Waals surface area contributed by atoms with Gasteiger partial charge in [0.05, 0.1) is 6.61 Å². The molecule has 0 saturated carbocycles. The van der Waals surface area contributed by atoms with Crippen molar-refractivity contribution in [3.8, 4) is 11.8 Å². The number of esters is 1. The number of rotatable bonds is 3. The van der Waals surface area contributed by atoms with Crippen molar-refractivity contribution in [1.29, 1.82) is 0 Å². The first kappa shape index (κ1) is 13.2. The lowest BCUT2D eigenvalue weighted by Gasteiger charge is -2.00. The predicted molar refractivity (Wildman–Crippen MR) is 62.4 cm³/mol. The van der Waals surface area contributed by atoms with Crippen LogP contribution in [0.25, 0.3) is 0 Å². The van der Waals surface area contributed by atoms with Crippen molar-refractivity contribution in [2.24, 2.45) is 5.73 Å². The summed E-state index contributed by atoms with van der Waals surface area (Å²) < 4.78 is 17.6. The van der Waals surface area contributed by atoms with Gasteiger partial charge >= 0.3 is 5.97 Å². The third-order valence-electron chi connectivity index (χ3n) is 2.05. The van der Waals surface area contributed by atoms with E-state index in [1.165, 1.54) is 12.1 Å². The Morgan fingerprint density at radius 3 is 2.94 bits per heavy atom. The van der Waals surface area contributed by atoms with Crippen LogP contribution in [0.1, 0.15) is 24.5 Å². The fourth-order valence-corrected chi connectivity index (χ4v) is 1.28. The molecular formula is C13H14FNO2. The van der Waals surface area contributed by atoms with E-state index in [0.29, 0.717) is 17.7 Å². The molecule has 0 aromatic heterocycles. The molecule has 1 aromatic carbocycles. The van der Waals surface area contributed by atoms with Crippen molar-refractivity contribution in [2.75, 3.05) is 6.61 Å². The molecule has 1 aromatic rings. The largest absolute Gasteiger partial charge is 0.465 e. The van der Waals surface area contributed by atoms with Crippen LogP contribution in [0.15, 0.2) is 18.2 Å². The van der Waals surface area contributed by atoms with Crippen molar-refractivity contribution in [3.63, 3.8) is 0 Å². The molecule has 0 bridgehead atoms. The lowest BCUT2D eigenvalue weighted by atomic mass is 10.1. The molecule has 0 heterocycles. The number of carbonyl (C=O) groups excluding carboxylic acids is 1. The van der Waals surface area contributed by atoms with Gasteiger partial charge in [-0.25, -0.2) is 4.39 Å². The molecule has 4 heteroatoms. The zero-order valence-electron chi connectivity index (χ0n) is 9.63. The average Bonchev–Trinajstić information content (AvgIpc) is 2.31. The minimum Gasteiger partial charge on any atom is -0.465 e. The van der Waals surface area contributed by atoms with Crippen LogP contribution in [-0.4, -0.2) is 12.6 Å². The summed E-state index contributed by atoms with van der Waals surface area (Å²) >= 11 is 0. The Morgan fingerprint density at radius 1 is 1.53 bits per heavy atom. The number of ether oxygens (including phenoxy) is 1. The van der Waals surface area contributed by atoms with Crippen molar-refractivity contribution in [2.45, 2.75) is 19.9 Å². The van der Waals surface area contributed by atoms with Crippen LogP contribution in [-0.2, 0) is 16.1 Å². The minimum absolute atomic E-state index is 0.0230. The number of hydrogen-bond donors (Lipinski definition) is 1. The number of halogens is 1. The van der Waals surface area contributed by atoms with E-state index in [4.69, 9.17) is 10.5 Å². The first-order chi connectivity index (χ1) is 8.17. The van der Waals surface area contributed by atoms with Crippen LogP contribution < -0.4 is 5.73 Å². The Bertz CT molecular complexity index is 460. The van der Waals surface area contributed by atoms with Gasteiger partial charge in [-0.2, -0.15) is 0 Å². The first-order valence-corrected chi connectivity index (χ1v) is 5.30. The molecule has 90 valence electrons. The minimum atomic E-state index is -0.364. The van der Waals surface area contributed by atoms with Gasteiger partial charge in [0, 0.05) is 12.1 Å². The number of benzene rings is 1. The van der Waals surface area contributed by atoms with E-state index in [0.717, 1.165) is 0 Å². The highest BCUT2D eigenvalue weighted by Gasteiger charge is 2.00. The Kier molecular flexibility index (Phi) is 5.18. The molecule has 3 nitrogen and oxygen atoms in total. The maximum absolute atomic E-state index is 12.9. The number of hydrogen-bond acceptors (Lipinski definition) is 3. The summed E-state index contributed by atoms with van der Waals surface area (Å²) in [7, 11) is 0. The monoisotopic (exact) mass is 235 g/mol. The standard InChI is InChI=1S/C13H14FNO2/c1-2-17-13(16)5-3-4-10-6-7-12(14)8-11(10)9-15/h6-8H,2,5,9,15H2,1H3. The Labute approximate surface area is 99.8 Å². The SMILES string of the molecule is CCOC(=O)CC#Cc1ccc(F)cc1CN. The highest BCUT2D eigenvalue weighted by Crippen LogP contribution is 2.09. The van der Waals surface area contributed by atoms with Gasteiger partial charge in [0.25, 0.3) is 0 Å². The number of carbonyl (C=O) groups is 1. The van der Waals surface area contributed by atoms with Gasteiger partial charge in [0.1, 0.15) is 12.2 Å².